The highest BCUT2D eigenvalue weighted by Crippen LogP contribution is 2.22. The average Bonchev–Trinajstić information content (AvgIpc) is 2.80. The van der Waals surface area contributed by atoms with Crippen LogP contribution in [0, 0.1) is 0 Å². The minimum Gasteiger partial charge on any atom is -0.497 e. The molecule has 0 saturated heterocycles. The predicted molar refractivity (Wildman–Crippen MR) is 85.0 cm³/mol. The number of hydrogen-bond donors (Lipinski definition) is 1. The summed E-state index contributed by atoms with van der Waals surface area (Å²) in [5.74, 6) is 0.816. The van der Waals surface area contributed by atoms with E-state index in [2.05, 4.69) is 9.38 Å². The Bertz CT molecular complexity index is 681. The van der Waals surface area contributed by atoms with Gasteiger partial charge in [-0.3, -0.25) is 0 Å². The Morgan fingerprint density at radius 3 is 2.60 bits per heavy atom. The van der Waals surface area contributed by atoms with E-state index in [9.17, 15) is 4.21 Å². The molecule has 1 heterocycles. The second-order valence-corrected chi connectivity index (χ2v) is 7.58. The molecule has 1 atom stereocenters. The largest absolute Gasteiger partial charge is 0.497 e. The lowest BCUT2D eigenvalue weighted by molar-refractivity contribution is 0.415. The van der Waals surface area contributed by atoms with Gasteiger partial charge in [0, 0.05) is 10.9 Å². The van der Waals surface area contributed by atoms with Crippen molar-refractivity contribution in [1.82, 2.24) is 4.98 Å². The zero-order valence-corrected chi connectivity index (χ0v) is 13.3. The number of fused-ring (bicyclic) bond motifs is 1. The number of rotatable bonds is 3. The maximum absolute atomic E-state index is 12.1. The minimum absolute atomic E-state index is 0.351. The summed E-state index contributed by atoms with van der Waals surface area (Å²) >= 11 is 0. The first-order valence-corrected chi connectivity index (χ1v) is 7.56. The van der Waals surface area contributed by atoms with E-state index >= 15 is 0 Å². The standard InChI is InChI=1S/C15H20N2O2S/c1-10(17-20(18)15(2,3)4)14-9-11-8-12(19-5)6-7-13(11)16-14/h6-9,16H,1-5H3/b17-10+. The van der Waals surface area contributed by atoms with E-state index in [1.165, 1.54) is 0 Å². The van der Waals surface area contributed by atoms with Gasteiger partial charge in [0.15, 0.2) is 0 Å². The summed E-state index contributed by atoms with van der Waals surface area (Å²) < 4.78 is 21.2. The van der Waals surface area contributed by atoms with Crippen molar-refractivity contribution >= 4 is 27.6 Å². The topological polar surface area (TPSA) is 54.4 Å². The summed E-state index contributed by atoms with van der Waals surface area (Å²) in [6.07, 6.45) is 0. The molecule has 1 aromatic heterocycles. The van der Waals surface area contributed by atoms with Gasteiger partial charge >= 0.3 is 0 Å². The molecule has 0 bridgehead atoms. The van der Waals surface area contributed by atoms with E-state index < -0.39 is 11.0 Å². The third kappa shape index (κ3) is 3.10. The number of nitrogens with zero attached hydrogens (tertiary/aromatic N) is 1. The molecular weight excluding hydrogens is 272 g/mol. The highest BCUT2D eigenvalue weighted by molar-refractivity contribution is 7.85. The number of aromatic nitrogens is 1. The second kappa shape index (κ2) is 5.40. The molecule has 108 valence electrons. The summed E-state index contributed by atoms with van der Waals surface area (Å²) in [5, 5.41) is 1.05. The van der Waals surface area contributed by atoms with Crippen molar-refractivity contribution in [3.63, 3.8) is 0 Å². The van der Waals surface area contributed by atoms with Crippen molar-refractivity contribution in [1.29, 1.82) is 0 Å². The smallest absolute Gasteiger partial charge is 0.145 e. The fourth-order valence-corrected chi connectivity index (χ4v) is 2.36. The third-order valence-electron chi connectivity index (χ3n) is 2.96. The van der Waals surface area contributed by atoms with Crippen molar-refractivity contribution in [2.24, 2.45) is 4.40 Å². The normalized spacial score (nSPS) is 14.6. The number of aromatic amines is 1. The van der Waals surface area contributed by atoms with Crippen LogP contribution in [0.25, 0.3) is 10.9 Å². The van der Waals surface area contributed by atoms with Crippen LogP contribution < -0.4 is 4.74 Å². The summed E-state index contributed by atoms with van der Waals surface area (Å²) in [7, 11) is 0.394. The Hall–Kier alpha value is -1.62. The number of nitrogens with one attached hydrogen (secondary N) is 1. The first kappa shape index (κ1) is 14.8. The molecule has 0 aliphatic heterocycles. The molecule has 20 heavy (non-hydrogen) atoms. The lowest BCUT2D eigenvalue weighted by Gasteiger charge is -2.13. The Morgan fingerprint density at radius 1 is 1.30 bits per heavy atom. The second-order valence-electron chi connectivity index (χ2n) is 5.67. The molecule has 0 saturated carbocycles. The van der Waals surface area contributed by atoms with Crippen LogP contribution in [-0.4, -0.2) is 26.8 Å². The van der Waals surface area contributed by atoms with Crippen LogP contribution in [0.1, 0.15) is 33.4 Å². The lowest BCUT2D eigenvalue weighted by Crippen LogP contribution is -2.20. The van der Waals surface area contributed by atoms with E-state index in [1.807, 2.05) is 52.0 Å². The monoisotopic (exact) mass is 292 g/mol. The first-order valence-electron chi connectivity index (χ1n) is 6.45. The SMILES string of the molecule is COc1ccc2[nH]c(/C(C)=N/S(=O)C(C)(C)C)cc2c1. The summed E-state index contributed by atoms with van der Waals surface area (Å²) in [4.78, 5) is 3.28. The average molecular weight is 292 g/mol. The van der Waals surface area contributed by atoms with Crippen LogP contribution in [0.5, 0.6) is 5.75 Å². The molecule has 2 rings (SSSR count). The van der Waals surface area contributed by atoms with Crippen LogP contribution in [0.3, 0.4) is 0 Å². The zero-order valence-electron chi connectivity index (χ0n) is 12.5. The maximum atomic E-state index is 12.1. The highest BCUT2D eigenvalue weighted by Gasteiger charge is 2.19. The molecule has 4 nitrogen and oxygen atoms in total. The minimum atomic E-state index is -1.25. The number of H-pyrrole nitrogens is 1. The third-order valence-corrected chi connectivity index (χ3v) is 4.45. The molecule has 0 radical (unpaired) electrons. The van der Waals surface area contributed by atoms with Crippen molar-refractivity contribution in [3.05, 3.63) is 30.0 Å². The molecule has 0 amide bonds. The molecule has 0 fully saturated rings. The van der Waals surface area contributed by atoms with Gasteiger partial charge < -0.3 is 9.72 Å². The molecular formula is C15H20N2O2S. The molecule has 1 N–H and O–H groups in total. The number of ether oxygens (including phenoxy) is 1. The predicted octanol–water partition coefficient (Wildman–Crippen LogP) is 3.45. The van der Waals surface area contributed by atoms with Crippen LogP contribution in [0.15, 0.2) is 28.7 Å². The van der Waals surface area contributed by atoms with Gasteiger partial charge in [0.2, 0.25) is 0 Å². The van der Waals surface area contributed by atoms with Crippen molar-refractivity contribution in [2.75, 3.05) is 7.11 Å². The van der Waals surface area contributed by atoms with Gasteiger partial charge in [-0.05, 0) is 52.0 Å². The molecule has 0 spiro atoms. The molecule has 0 aliphatic rings. The lowest BCUT2D eigenvalue weighted by atomic mass is 10.2. The summed E-state index contributed by atoms with van der Waals surface area (Å²) in [6, 6.07) is 7.83. The Kier molecular flexibility index (Phi) is 3.99. The Morgan fingerprint density at radius 2 is 2.00 bits per heavy atom. The fraction of sp³-hybridized carbons (Fsp3) is 0.400. The van der Waals surface area contributed by atoms with Crippen molar-refractivity contribution in [3.8, 4) is 5.75 Å². The summed E-state index contributed by atoms with van der Waals surface area (Å²) in [5.41, 5.74) is 2.64. The maximum Gasteiger partial charge on any atom is 0.145 e. The fourth-order valence-electron chi connectivity index (χ4n) is 1.74. The van der Waals surface area contributed by atoms with Crippen LogP contribution >= 0.6 is 0 Å². The van der Waals surface area contributed by atoms with Crippen LogP contribution in [0.2, 0.25) is 0 Å². The first-order chi connectivity index (χ1) is 9.31. The van der Waals surface area contributed by atoms with E-state index in [-0.39, 0.29) is 4.75 Å². The Labute approximate surface area is 121 Å². The quantitative estimate of drug-likeness (QED) is 0.881. The van der Waals surface area contributed by atoms with Gasteiger partial charge in [0.1, 0.15) is 16.7 Å². The van der Waals surface area contributed by atoms with Crippen LogP contribution in [-0.2, 0) is 11.0 Å². The van der Waals surface area contributed by atoms with Gasteiger partial charge in [-0.15, -0.1) is 0 Å². The van der Waals surface area contributed by atoms with Crippen LogP contribution in [0.4, 0.5) is 0 Å². The number of methoxy groups -OCH3 is 1. The van der Waals surface area contributed by atoms with E-state index in [0.29, 0.717) is 0 Å². The molecule has 0 aliphatic carbocycles. The van der Waals surface area contributed by atoms with E-state index in [0.717, 1.165) is 28.1 Å². The molecule has 5 heteroatoms. The van der Waals surface area contributed by atoms with Gasteiger partial charge in [-0.2, -0.15) is 4.40 Å². The summed E-state index contributed by atoms with van der Waals surface area (Å²) in [6.45, 7) is 7.60. The van der Waals surface area contributed by atoms with Gasteiger partial charge in [0.25, 0.3) is 0 Å². The number of benzene rings is 1. The van der Waals surface area contributed by atoms with Crippen molar-refractivity contribution in [2.45, 2.75) is 32.4 Å². The van der Waals surface area contributed by atoms with Gasteiger partial charge in [-0.25, -0.2) is 4.21 Å². The highest BCUT2D eigenvalue weighted by atomic mass is 32.2. The molecule has 1 unspecified atom stereocenters. The van der Waals surface area contributed by atoms with Gasteiger partial charge in [0.05, 0.1) is 23.3 Å². The van der Waals surface area contributed by atoms with Crippen molar-refractivity contribution < 1.29 is 8.95 Å². The zero-order chi connectivity index (χ0) is 14.9. The van der Waals surface area contributed by atoms with E-state index in [1.54, 1.807) is 7.11 Å². The Balaban J connectivity index is 2.38. The molecule has 1 aromatic carbocycles. The molecule has 2 aromatic rings. The van der Waals surface area contributed by atoms with E-state index in [4.69, 9.17) is 4.74 Å². The number of hydrogen-bond acceptors (Lipinski definition) is 2. The van der Waals surface area contributed by atoms with Gasteiger partial charge in [-0.1, -0.05) is 0 Å².